The zero-order chi connectivity index (χ0) is 22.3. The Kier molecular flexibility index (Phi) is 7.32. The molecule has 4 aromatic rings. The van der Waals surface area contributed by atoms with Crippen molar-refractivity contribution in [3.63, 3.8) is 0 Å². The summed E-state index contributed by atoms with van der Waals surface area (Å²) in [6.45, 7) is 0.373. The maximum atomic E-state index is 12.0. The van der Waals surface area contributed by atoms with Gasteiger partial charge in [0.05, 0.1) is 17.0 Å². The van der Waals surface area contributed by atoms with Gasteiger partial charge in [0.2, 0.25) is 0 Å². The molecule has 9 heteroatoms. The summed E-state index contributed by atoms with van der Waals surface area (Å²) in [5.74, 6) is 0.405. The highest BCUT2D eigenvalue weighted by Gasteiger charge is 2.08. The monoisotopic (exact) mass is 485 g/mol. The second-order valence-electron chi connectivity index (χ2n) is 6.63. The predicted octanol–water partition coefficient (Wildman–Crippen LogP) is 5.96. The Labute approximate surface area is 198 Å². The Morgan fingerprint density at radius 1 is 1.12 bits per heavy atom. The molecular formula is C23H17Cl2N3O3S. The molecule has 6 nitrogen and oxygen atoms in total. The Balaban J connectivity index is 1.25. The first-order chi connectivity index (χ1) is 15.6. The number of halogens is 2. The SMILES string of the molecule is O=C(CSc1nc2ccccc2o1)N/N=C\c1ccc(OCc2ccc(Cl)cc2)c(Cl)c1. The van der Waals surface area contributed by atoms with E-state index in [1.807, 2.05) is 36.4 Å². The van der Waals surface area contributed by atoms with Crippen LogP contribution in [0.3, 0.4) is 0 Å². The van der Waals surface area contributed by atoms with Crippen LogP contribution in [-0.2, 0) is 11.4 Å². The highest BCUT2D eigenvalue weighted by molar-refractivity contribution is 7.99. The van der Waals surface area contributed by atoms with Crippen LogP contribution < -0.4 is 10.2 Å². The number of nitrogens with zero attached hydrogens (tertiary/aromatic N) is 2. The van der Waals surface area contributed by atoms with Crippen LogP contribution in [0.15, 0.2) is 81.5 Å². The van der Waals surface area contributed by atoms with E-state index in [0.717, 1.165) is 16.6 Å². The number of nitrogens with one attached hydrogen (secondary N) is 1. The number of benzene rings is 3. The highest BCUT2D eigenvalue weighted by atomic mass is 35.5. The predicted molar refractivity (Wildman–Crippen MR) is 128 cm³/mol. The quantitative estimate of drug-likeness (QED) is 0.189. The van der Waals surface area contributed by atoms with Gasteiger partial charge in [0.1, 0.15) is 17.9 Å². The number of rotatable bonds is 8. The van der Waals surface area contributed by atoms with Gasteiger partial charge in [-0.25, -0.2) is 10.4 Å². The average molecular weight is 486 g/mol. The number of fused-ring (bicyclic) bond motifs is 1. The number of hydrazone groups is 1. The van der Waals surface area contributed by atoms with Gasteiger partial charge in [-0.2, -0.15) is 5.10 Å². The fraction of sp³-hybridized carbons (Fsp3) is 0.0870. The van der Waals surface area contributed by atoms with Gasteiger partial charge in [-0.05, 0) is 53.6 Å². The number of amides is 1. The molecule has 0 aliphatic rings. The van der Waals surface area contributed by atoms with Crippen molar-refractivity contribution < 1.29 is 13.9 Å². The lowest BCUT2D eigenvalue weighted by atomic mass is 10.2. The molecule has 0 bridgehead atoms. The average Bonchev–Trinajstić information content (AvgIpc) is 3.21. The Morgan fingerprint density at radius 3 is 2.72 bits per heavy atom. The van der Waals surface area contributed by atoms with Crippen LogP contribution in [0.4, 0.5) is 0 Å². The van der Waals surface area contributed by atoms with E-state index < -0.39 is 0 Å². The summed E-state index contributed by atoms with van der Waals surface area (Å²) >= 11 is 13.4. The molecular weight excluding hydrogens is 469 g/mol. The summed E-state index contributed by atoms with van der Waals surface area (Å²) in [6.07, 6.45) is 1.51. The Hall–Kier alpha value is -3.00. The molecule has 0 spiro atoms. The van der Waals surface area contributed by atoms with Crippen molar-refractivity contribution in [2.45, 2.75) is 11.8 Å². The lowest BCUT2D eigenvalue weighted by molar-refractivity contribution is -0.118. The fourth-order valence-corrected chi connectivity index (χ4v) is 3.71. The molecule has 1 aromatic heterocycles. The molecule has 0 fully saturated rings. The van der Waals surface area contributed by atoms with Gasteiger partial charge in [-0.1, -0.05) is 59.2 Å². The van der Waals surface area contributed by atoms with Gasteiger partial charge < -0.3 is 9.15 Å². The van der Waals surface area contributed by atoms with E-state index in [2.05, 4.69) is 15.5 Å². The molecule has 162 valence electrons. The van der Waals surface area contributed by atoms with Gasteiger partial charge >= 0.3 is 0 Å². The van der Waals surface area contributed by atoms with E-state index in [1.165, 1.54) is 18.0 Å². The summed E-state index contributed by atoms with van der Waals surface area (Å²) in [7, 11) is 0. The largest absolute Gasteiger partial charge is 0.487 e. The molecule has 4 rings (SSSR count). The van der Waals surface area contributed by atoms with Gasteiger partial charge in [-0.15, -0.1) is 0 Å². The van der Waals surface area contributed by atoms with Crippen LogP contribution in [-0.4, -0.2) is 22.9 Å². The summed E-state index contributed by atoms with van der Waals surface area (Å²) in [5.41, 5.74) is 5.62. The van der Waals surface area contributed by atoms with Gasteiger partial charge in [0.15, 0.2) is 5.58 Å². The number of ether oxygens (including phenoxy) is 1. The van der Waals surface area contributed by atoms with Crippen LogP contribution in [0.2, 0.25) is 10.0 Å². The van der Waals surface area contributed by atoms with E-state index in [4.69, 9.17) is 32.4 Å². The van der Waals surface area contributed by atoms with E-state index >= 15 is 0 Å². The van der Waals surface area contributed by atoms with Crippen LogP contribution in [0, 0.1) is 0 Å². The molecule has 0 unspecified atom stereocenters. The van der Waals surface area contributed by atoms with Crippen molar-refractivity contribution in [2.24, 2.45) is 5.10 Å². The third-order valence-corrected chi connectivity index (χ3v) is 5.64. The number of para-hydroxylation sites is 2. The van der Waals surface area contributed by atoms with Crippen molar-refractivity contribution in [1.82, 2.24) is 10.4 Å². The summed E-state index contributed by atoms with van der Waals surface area (Å²) < 4.78 is 11.3. The molecule has 0 aliphatic carbocycles. The fourth-order valence-electron chi connectivity index (χ4n) is 2.71. The molecule has 3 aromatic carbocycles. The summed E-state index contributed by atoms with van der Waals surface area (Å²) in [6, 6.07) is 20.1. The van der Waals surface area contributed by atoms with Gasteiger partial charge in [-0.3, -0.25) is 4.79 Å². The molecule has 0 saturated carbocycles. The van der Waals surface area contributed by atoms with E-state index in [0.29, 0.717) is 33.2 Å². The third-order valence-electron chi connectivity index (χ3n) is 4.27. The molecule has 0 radical (unpaired) electrons. The first-order valence-electron chi connectivity index (χ1n) is 9.54. The summed E-state index contributed by atoms with van der Waals surface area (Å²) in [4.78, 5) is 16.3. The van der Waals surface area contributed by atoms with Crippen LogP contribution in [0.25, 0.3) is 11.1 Å². The minimum Gasteiger partial charge on any atom is -0.487 e. The lowest BCUT2D eigenvalue weighted by Crippen LogP contribution is -2.19. The summed E-state index contributed by atoms with van der Waals surface area (Å²) in [5, 5.41) is 5.52. The van der Waals surface area contributed by atoms with Gasteiger partial charge in [0.25, 0.3) is 11.1 Å². The standard InChI is InChI=1S/C23H17Cl2N3O3S/c24-17-8-5-15(6-9-17)13-30-20-10-7-16(11-18(20)25)12-26-28-22(29)14-32-23-27-19-3-1-2-4-21(19)31-23/h1-12H,13-14H2,(H,28,29)/b26-12-. The first kappa shape index (κ1) is 22.2. The number of aromatic nitrogens is 1. The number of carbonyl (C=O) groups is 1. The van der Waals surface area contributed by atoms with Crippen molar-refractivity contribution in [3.8, 4) is 5.75 Å². The first-order valence-corrected chi connectivity index (χ1v) is 11.3. The number of oxazole rings is 1. The van der Waals surface area contributed by atoms with E-state index in [1.54, 1.807) is 30.3 Å². The van der Waals surface area contributed by atoms with E-state index in [-0.39, 0.29) is 11.7 Å². The third kappa shape index (κ3) is 6.03. The number of carbonyl (C=O) groups excluding carboxylic acids is 1. The highest BCUT2D eigenvalue weighted by Crippen LogP contribution is 2.26. The minimum absolute atomic E-state index is 0.127. The van der Waals surface area contributed by atoms with Crippen molar-refractivity contribution in [2.75, 3.05) is 5.75 Å². The van der Waals surface area contributed by atoms with Gasteiger partial charge in [0, 0.05) is 5.02 Å². The molecule has 0 atom stereocenters. The van der Waals surface area contributed by atoms with E-state index in [9.17, 15) is 4.79 Å². The minimum atomic E-state index is -0.275. The second kappa shape index (κ2) is 10.5. The number of thioether (sulfide) groups is 1. The van der Waals surface area contributed by atoms with Crippen LogP contribution >= 0.6 is 35.0 Å². The van der Waals surface area contributed by atoms with Crippen molar-refractivity contribution in [3.05, 3.63) is 87.9 Å². The molecule has 0 saturated heterocycles. The van der Waals surface area contributed by atoms with Crippen molar-refractivity contribution in [1.29, 1.82) is 0 Å². The molecule has 1 amide bonds. The number of hydrogen-bond donors (Lipinski definition) is 1. The Bertz CT molecular complexity index is 1230. The maximum absolute atomic E-state index is 12.0. The smallest absolute Gasteiger partial charge is 0.257 e. The zero-order valence-corrected chi connectivity index (χ0v) is 19.0. The molecule has 32 heavy (non-hydrogen) atoms. The topological polar surface area (TPSA) is 76.7 Å². The molecule has 0 aliphatic heterocycles. The lowest BCUT2D eigenvalue weighted by Gasteiger charge is -2.08. The maximum Gasteiger partial charge on any atom is 0.257 e. The van der Waals surface area contributed by atoms with Crippen LogP contribution in [0.5, 0.6) is 5.75 Å². The van der Waals surface area contributed by atoms with Crippen LogP contribution in [0.1, 0.15) is 11.1 Å². The zero-order valence-electron chi connectivity index (χ0n) is 16.6. The Morgan fingerprint density at radius 2 is 1.94 bits per heavy atom. The normalized spacial score (nSPS) is 11.2. The number of hydrogen-bond acceptors (Lipinski definition) is 6. The molecule has 1 N–H and O–H groups in total. The molecule has 1 heterocycles. The second-order valence-corrected chi connectivity index (χ2v) is 8.40. The van der Waals surface area contributed by atoms with Crippen molar-refractivity contribution >= 4 is 58.2 Å².